The molecule has 0 radical (unpaired) electrons. The van der Waals surface area contributed by atoms with Gasteiger partial charge in [-0.1, -0.05) is 26.7 Å². The van der Waals surface area contributed by atoms with E-state index in [1.54, 1.807) is 0 Å². The molecule has 1 saturated carbocycles. The molecule has 0 amide bonds. The van der Waals surface area contributed by atoms with Crippen LogP contribution < -0.4 is 5.73 Å². The van der Waals surface area contributed by atoms with E-state index in [0.717, 1.165) is 18.5 Å². The molecule has 3 nitrogen and oxygen atoms in total. The number of nitrogens with zero attached hydrogens (tertiary/aromatic N) is 2. The number of hydrogen-bond acceptors (Lipinski definition) is 3. The topological polar surface area (TPSA) is 32.5 Å². The Balaban J connectivity index is 1.95. The lowest BCUT2D eigenvalue weighted by molar-refractivity contribution is 0.0139. The van der Waals surface area contributed by atoms with Gasteiger partial charge in [-0.15, -0.1) is 0 Å². The predicted octanol–water partition coefficient (Wildman–Crippen LogP) is 2.70. The van der Waals surface area contributed by atoms with Gasteiger partial charge in [-0.2, -0.15) is 0 Å². The molecular formula is C17H35N3. The molecule has 2 fully saturated rings. The monoisotopic (exact) mass is 281 g/mol. The van der Waals surface area contributed by atoms with E-state index in [4.69, 9.17) is 5.73 Å². The lowest BCUT2D eigenvalue weighted by atomic mass is 9.87. The zero-order valence-corrected chi connectivity index (χ0v) is 13.9. The Morgan fingerprint density at radius 1 is 1.15 bits per heavy atom. The number of nitrogens with two attached hydrogens (primary N) is 1. The van der Waals surface area contributed by atoms with E-state index in [1.807, 2.05) is 0 Å². The van der Waals surface area contributed by atoms with Gasteiger partial charge in [0.1, 0.15) is 0 Å². The Hall–Kier alpha value is -0.120. The zero-order chi connectivity index (χ0) is 14.6. The fourth-order valence-electron chi connectivity index (χ4n) is 4.11. The summed E-state index contributed by atoms with van der Waals surface area (Å²) >= 11 is 0. The van der Waals surface area contributed by atoms with Crippen molar-refractivity contribution < 1.29 is 0 Å². The summed E-state index contributed by atoms with van der Waals surface area (Å²) in [5, 5.41) is 0. The molecule has 118 valence electrons. The van der Waals surface area contributed by atoms with E-state index in [0.29, 0.717) is 5.54 Å². The van der Waals surface area contributed by atoms with Crippen molar-refractivity contribution in [2.75, 3.05) is 32.7 Å². The fourth-order valence-corrected chi connectivity index (χ4v) is 4.11. The molecule has 3 unspecified atom stereocenters. The van der Waals surface area contributed by atoms with E-state index in [1.165, 1.54) is 64.7 Å². The average Bonchev–Trinajstić information content (AvgIpc) is 2.69. The summed E-state index contributed by atoms with van der Waals surface area (Å²) < 4.78 is 0. The van der Waals surface area contributed by atoms with Gasteiger partial charge in [0.15, 0.2) is 0 Å². The van der Waals surface area contributed by atoms with Crippen LogP contribution in [0.1, 0.15) is 59.3 Å². The van der Waals surface area contributed by atoms with E-state index in [2.05, 4.69) is 30.6 Å². The Bertz CT molecular complexity index is 286. The summed E-state index contributed by atoms with van der Waals surface area (Å²) in [5.74, 6) is 0.893. The van der Waals surface area contributed by atoms with Crippen molar-refractivity contribution in [2.45, 2.75) is 70.9 Å². The Labute approximate surface area is 125 Å². The van der Waals surface area contributed by atoms with Crippen LogP contribution in [0.15, 0.2) is 0 Å². The molecule has 3 atom stereocenters. The molecule has 2 N–H and O–H groups in total. The minimum Gasteiger partial charge on any atom is -0.329 e. The maximum Gasteiger partial charge on any atom is 0.0332 e. The SMILES string of the molecule is CCC(C)N1CCN(C2(CN)CCCC(C)CC2)CC1. The highest BCUT2D eigenvalue weighted by Gasteiger charge is 2.38. The number of hydrogen-bond donors (Lipinski definition) is 1. The van der Waals surface area contributed by atoms with Gasteiger partial charge in [0.05, 0.1) is 0 Å². The first-order chi connectivity index (χ1) is 9.61. The first-order valence-corrected chi connectivity index (χ1v) is 8.80. The van der Waals surface area contributed by atoms with Gasteiger partial charge in [0.25, 0.3) is 0 Å². The van der Waals surface area contributed by atoms with Crippen molar-refractivity contribution in [3.8, 4) is 0 Å². The van der Waals surface area contributed by atoms with Crippen molar-refractivity contribution in [2.24, 2.45) is 11.7 Å². The normalized spacial score (nSPS) is 35.7. The average molecular weight is 281 g/mol. The maximum atomic E-state index is 6.25. The molecule has 20 heavy (non-hydrogen) atoms. The van der Waals surface area contributed by atoms with Gasteiger partial charge in [-0.3, -0.25) is 9.80 Å². The van der Waals surface area contributed by atoms with E-state index in [-0.39, 0.29) is 0 Å². The van der Waals surface area contributed by atoms with E-state index in [9.17, 15) is 0 Å². The van der Waals surface area contributed by atoms with Gasteiger partial charge in [0, 0.05) is 44.3 Å². The largest absolute Gasteiger partial charge is 0.329 e. The van der Waals surface area contributed by atoms with Gasteiger partial charge >= 0.3 is 0 Å². The zero-order valence-electron chi connectivity index (χ0n) is 13.9. The number of piperazine rings is 1. The first kappa shape index (κ1) is 16.3. The second kappa shape index (κ2) is 7.24. The fraction of sp³-hybridized carbons (Fsp3) is 1.00. The summed E-state index contributed by atoms with van der Waals surface area (Å²) in [7, 11) is 0. The van der Waals surface area contributed by atoms with Crippen LogP contribution in [0.4, 0.5) is 0 Å². The van der Waals surface area contributed by atoms with Crippen molar-refractivity contribution in [1.29, 1.82) is 0 Å². The summed E-state index contributed by atoms with van der Waals surface area (Å²) in [6.07, 6.45) is 8.02. The Kier molecular flexibility index (Phi) is 5.88. The van der Waals surface area contributed by atoms with Crippen LogP contribution in [-0.2, 0) is 0 Å². The molecule has 1 heterocycles. The summed E-state index contributed by atoms with van der Waals surface area (Å²) in [6, 6.07) is 0.736. The summed E-state index contributed by atoms with van der Waals surface area (Å²) in [5.41, 5.74) is 6.56. The molecule has 1 aliphatic heterocycles. The highest BCUT2D eigenvalue weighted by molar-refractivity contribution is 4.96. The predicted molar refractivity (Wildman–Crippen MR) is 86.9 cm³/mol. The van der Waals surface area contributed by atoms with Gasteiger partial charge < -0.3 is 5.73 Å². The smallest absolute Gasteiger partial charge is 0.0332 e. The molecule has 2 rings (SSSR count). The summed E-state index contributed by atoms with van der Waals surface area (Å²) in [6.45, 7) is 12.8. The second-order valence-corrected chi connectivity index (χ2v) is 7.24. The second-order valence-electron chi connectivity index (χ2n) is 7.24. The maximum absolute atomic E-state index is 6.25. The van der Waals surface area contributed by atoms with Gasteiger partial charge in [0.2, 0.25) is 0 Å². The van der Waals surface area contributed by atoms with Crippen LogP contribution in [0, 0.1) is 5.92 Å². The quantitative estimate of drug-likeness (QED) is 0.804. The van der Waals surface area contributed by atoms with Crippen molar-refractivity contribution in [3.05, 3.63) is 0 Å². The van der Waals surface area contributed by atoms with Crippen LogP contribution in [0.5, 0.6) is 0 Å². The van der Waals surface area contributed by atoms with Crippen LogP contribution in [0.2, 0.25) is 0 Å². The Morgan fingerprint density at radius 3 is 2.45 bits per heavy atom. The molecular weight excluding hydrogens is 246 g/mol. The molecule has 0 aromatic heterocycles. The standard InChI is InChI=1S/C17H35N3/c1-4-16(3)19-10-12-20(13-11-19)17(14-18)8-5-6-15(2)7-9-17/h15-16H,4-14,18H2,1-3H3. The van der Waals surface area contributed by atoms with E-state index >= 15 is 0 Å². The first-order valence-electron chi connectivity index (χ1n) is 8.80. The molecule has 0 spiro atoms. The molecule has 0 aromatic rings. The molecule has 0 bridgehead atoms. The summed E-state index contributed by atoms with van der Waals surface area (Å²) in [4.78, 5) is 5.39. The highest BCUT2D eigenvalue weighted by atomic mass is 15.3. The highest BCUT2D eigenvalue weighted by Crippen LogP contribution is 2.34. The van der Waals surface area contributed by atoms with Crippen LogP contribution in [-0.4, -0.2) is 54.1 Å². The minimum atomic E-state index is 0.312. The lowest BCUT2D eigenvalue weighted by Crippen LogP contribution is -2.60. The third-order valence-corrected chi connectivity index (χ3v) is 6.02. The molecule has 3 heteroatoms. The molecule has 1 aliphatic carbocycles. The van der Waals surface area contributed by atoms with Gasteiger partial charge in [-0.05, 0) is 38.5 Å². The Morgan fingerprint density at radius 2 is 1.85 bits per heavy atom. The molecule has 0 aromatic carbocycles. The molecule has 1 saturated heterocycles. The number of rotatable bonds is 4. The van der Waals surface area contributed by atoms with Gasteiger partial charge in [-0.25, -0.2) is 0 Å². The van der Waals surface area contributed by atoms with Crippen molar-refractivity contribution in [1.82, 2.24) is 9.80 Å². The van der Waals surface area contributed by atoms with Crippen LogP contribution in [0.25, 0.3) is 0 Å². The van der Waals surface area contributed by atoms with Crippen LogP contribution in [0.3, 0.4) is 0 Å². The third kappa shape index (κ3) is 3.55. The van der Waals surface area contributed by atoms with Crippen LogP contribution >= 0.6 is 0 Å². The molecule has 2 aliphatic rings. The van der Waals surface area contributed by atoms with E-state index < -0.39 is 0 Å². The third-order valence-electron chi connectivity index (χ3n) is 6.02. The van der Waals surface area contributed by atoms with Crippen molar-refractivity contribution >= 4 is 0 Å². The van der Waals surface area contributed by atoms with Crippen molar-refractivity contribution in [3.63, 3.8) is 0 Å². The lowest BCUT2D eigenvalue weighted by Gasteiger charge is -2.48. The minimum absolute atomic E-state index is 0.312.